The highest BCUT2D eigenvalue weighted by Crippen LogP contribution is 2.42. The van der Waals surface area contributed by atoms with Crippen LogP contribution in [0.5, 0.6) is 0 Å². The van der Waals surface area contributed by atoms with Crippen molar-refractivity contribution in [1.29, 1.82) is 0 Å². The number of aromatic nitrogens is 1. The molecule has 0 amide bonds. The third-order valence-corrected chi connectivity index (χ3v) is 3.34. The van der Waals surface area contributed by atoms with E-state index in [-0.39, 0.29) is 5.60 Å². The Bertz CT molecular complexity index is 360. The average molecular weight is 221 g/mol. The average Bonchev–Trinajstić information content (AvgIpc) is 2.62. The summed E-state index contributed by atoms with van der Waals surface area (Å²) in [4.78, 5) is 4.37. The van der Waals surface area contributed by atoms with E-state index in [1.54, 1.807) is 0 Å². The van der Waals surface area contributed by atoms with E-state index in [1.165, 1.54) is 11.1 Å². The first-order valence-electron chi connectivity index (χ1n) is 6.14. The largest absolute Gasteiger partial charge is 0.364 e. The van der Waals surface area contributed by atoms with E-state index in [4.69, 9.17) is 4.74 Å². The molecule has 0 fully saturated rings. The first-order valence-corrected chi connectivity index (χ1v) is 6.14. The molecule has 2 nitrogen and oxygen atoms in total. The van der Waals surface area contributed by atoms with E-state index in [2.05, 4.69) is 38.7 Å². The second-order valence-electron chi connectivity index (χ2n) is 4.50. The summed E-state index contributed by atoms with van der Waals surface area (Å²) in [6, 6.07) is 2.06. The summed E-state index contributed by atoms with van der Waals surface area (Å²) in [6.45, 7) is 13.3. The standard InChI is InChI=1S/C12H17NO.C2H6/c1-8(2)12(4)11-9(3)5-6-13-10(11)7-14-12;1-2/h5-6,8H,7H2,1-4H3;1-2H3. The lowest BCUT2D eigenvalue weighted by molar-refractivity contribution is -0.0582. The molecule has 0 radical (unpaired) electrons. The fourth-order valence-corrected chi connectivity index (χ4v) is 2.15. The van der Waals surface area contributed by atoms with Gasteiger partial charge < -0.3 is 4.74 Å². The summed E-state index contributed by atoms with van der Waals surface area (Å²) in [5.74, 6) is 0.478. The molecule has 16 heavy (non-hydrogen) atoms. The van der Waals surface area contributed by atoms with Crippen molar-refractivity contribution in [3.05, 3.63) is 29.1 Å². The number of ether oxygens (including phenoxy) is 1. The molecule has 0 bridgehead atoms. The van der Waals surface area contributed by atoms with Crippen LogP contribution in [0.15, 0.2) is 12.3 Å². The van der Waals surface area contributed by atoms with Gasteiger partial charge in [-0.25, -0.2) is 0 Å². The van der Waals surface area contributed by atoms with Crippen LogP contribution in [-0.4, -0.2) is 4.98 Å². The highest BCUT2D eigenvalue weighted by atomic mass is 16.5. The molecule has 1 aromatic rings. The second kappa shape index (κ2) is 4.96. The van der Waals surface area contributed by atoms with Crippen LogP contribution in [-0.2, 0) is 16.9 Å². The van der Waals surface area contributed by atoms with Gasteiger partial charge >= 0.3 is 0 Å². The highest BCUT2D eigenvalue weighted by molar-refractivity contribution is 5.37. The van der Waals surface area contributed by atoms with Crippen molar-refractivity contribution in [3.63, 3.8) is 0 Å². The molecule has 2 rings (SSSR count). The van der Waals surface area contributed by atoms with Gasteiger partial charge in [0, 0.05) is 11.8 Å². The van der Waals surface area contributed by atoms with E-state index >= 15 is 0 Å². The van der Waals surface area contributed by atoms with Gasteiger partial charge in [0.2, 0.25) is 0 Å². The molecule has 0 spiro atoms. The molecule has 1 unspecified atom stereocenters. The minimum absolute atomic E-state index is 0.145. The number of rotatable bonds is 1. The van der Waals surface area contributed by atoms with Crippen LogP contribution in [0.25, 0.3) is 0 Å². The third kappa shape index (κ3) is 1.99. The van der Waals surface area contributed by atoms with Gasteiger partial charge in [0.1, 0.15) is 0 Å². The first kappa shape index (κ1) is 13.2. The normalized spacial score (nSPS) is 22.7. The zero-order valence-corrected chi connectivity index (χ0v) is 11.3. The monoisotopic (exact) mass is 221 g/mol. The maximum absolute atomic E-state index is 5.89. The zero-order valence-electron chi connectivity index (χ0n) is 11.3. The molecule has 0 saturated carbocycles. The van der Waals surface area contributed by atoms with Gasteiger partial charge in [-0.05, 0) is 31.4 Å². The quantitative estimate of drug-likeness (QED) is 0.719. The van der Waals surface area contributed by atoms with Crippen LogP contribution in [0.2, 0.25) is 0 Å². The van der Waals surface area contributed by atoms with Gasteiger partial charge in [-0.2, -0.15) is 0 Å². The number of pyridine rings is 1. The van der Waals surface area contributed by atoms with Crippen molar-refractivity contribution in [2.45, 2.75) is 53.8 Å². The summed E-state index contributed by atoms with van der Waals surface area (Å²) in [5, 5.41) is 0. The Kier molecular flexibility index (Phi) is 4.09. The van der Waals surface area contributed by atoms with Crippen LogP contribution in [0.4, 0.5) is 0 Å². The molecule has 1 aromatic heterocycles. The Morgan fingerprint density at radius 3 is 2.56 bits per heavy atom. The summed E-state index contributed by atoms with van der Waals surface area (Å²) < 4.78 is 5.89. The van der Waals surface area contributed by atoms with E-state index in [9.17, 15) is 0 Å². The second-order valence-corrected chi connectivity index (χ2v) is 4.50. The van der Waals surface area contributed by atoms with Crippen molar-refractivity contribution in [2.75, 3.05) is 0 Å². The predicted molar refractivity (Wildman–Crippen MR) is 67.3 cm³/mol. The van der Waals surface area contributed by atoms with E-state index in [0.29, 0.717) is 12.5 Å². The van der Waals surface area contributed by atoms with E-state index in [0.717, 1.165) is 5.69 Å². The lowest BCUT2D eigenvalue weighted by atomic mass is 9.83. The number of nitrogens with zero attached hydrogens (tertiary/aromatic N) is 1. The van der Waals surface area contributed by atoms with Crippen LogP contribution < -0.4 is 0 Å². The maximum atomic E-state index is 5.89. The molecule has 0 saturated heterocycles. The van der Waals surface area contributed by atoms with Crippen molar-refractivity contribution in [2.24, 2.45) is 5.92 Å². The van der Waals surface area contributed by atoms with Gasteiger partial charge in [0.05, 0.1) is 17.9 Å². The Morgan fingerprint density at radius 2 is 2.00 bits per heavy atom. The van der Waals surface area contributed by atoms with E-state index in [1.807, 2.05) is 20.0 Å². The molecular weight excluding hydrogens is 198 g/mol. The number of hydrogen-bond donors (Lipinski definition) is 0. The zero-order chi connectivity index (χ0) is 12.3. The molecule has 90 valence electrons. The maximum Gasteiger partial charge on any atom is 0.0952 e. The smallest absolute Gasteiger partial charge is 0.0952 e. The minimum atomic E-state index is -0.145. The summed E-state index contributed by atoms with van der Waals surface area (Å²) in [6.07, 6.45) is 1.86. The van der Waals surface area contributed by atoms with Crippen LogP contribution >= 0.6 is 0 Å². The first-order chi connectivity index (χ1) is 7.55. The molecule has 2 heterocycles. The minimum Gasteiger partial charge on any atom is -0.364 e. The highest BCUT2D eigenvalue weighted by Gasteiger charge is 2.40. The van der Waals surface area contributed by atoms with Crippen LogP contribution in [0, 0.1) is 12.8 Å². The Balaban J connectivity index is 0.000000606. The number of hydrogen-bond acceptors (Lipinski definition) is 2. The molecule has 0 N–H and O–H groups in total. The van der Waals surface area contributed by atoms with Crippen LogP contribution in [0.1, 0.15) is 51.4 Å². The molecule has 1 aliphatic rings. The SMILES string of the molecule is CC.Cc1ccnc2c1C(C)(C(C)C)OC2. The molecule has 1 aliphatic heterocycles. The summed E-state index contributed by atoms with van der Waals surface area (Å²) in [5.41, 5.74) is 3.56. The molecule has 0 aromatic carbocycles. The molecule has 2 heteroatoms. The van der Waals surface area contributed by atoms with Gasteiger partial charge in [0.15, 0.2) is 0 Å². The lowest BCUT2D eigenvalue weighted by Gasteiger charge is -2.30. The molecular formula is C14H23NO. The Morgan fingerprint density at radius 1 is 1.38 bits per heavy atom. The number of aryl methyl sites for hydroxylation is 1. The lowest BCUT2D eigenvalue weighted by Crippen LogP contribution is -2.28. The van der Waals surface area contributed by atoms with Crippen LogP contribution in [0.3, 0.4) is 0 Å². The van der Waals surface area contributed by atoms with Gasteiger partial charge in [-0.3, -0.25) is 4.98 Å². The van der Waals surface area contributed by atoms with Crippen molar-refractivity contribution < 1.29 is 4.74 Å². The predicted octanol–water partition coefficient (Wildman–Crippen LogP) is 3.82. The third-order valence-electron chi connectivity index (χ3n) is 3.34. The fourth-order valence-electron chi connectivity index (χ4n) is 2.15. The molecule has 0 aliphatic carbocycles. The topological polar surface area (TPSA) is 22.1 Å². The Labute approximate surface area is 99.0 Å². The molecule has 1 atom stereocenters. The van der Waals surface area contributed by atoms with Gasteiger partial charge in [-0.1, -0.05) is 27.7 Å². The van der Waals surface area contributed by atoms with E-state index < -0.39 is 0 Å². The summed E-state index contributed by atoms with van der Waals surface area (Å²) >= 11 is 0. The van der Waals surface area contributed by atoms with Crippen molar-refractivity contribution in [3.8, 4) is 0 Å². The number of fused-ring (bicyclic) bond motifs is 1. The fraction of sp³-hybridized carbons (Fsp3) is 0.643. The van der Waals surface area contributed by atoms with Gasteiger partial charge in [0.25, 0.3) is 0 Å². The van der Waals surface area contributed by atoms with Crippen molar-refractivity contribution >= 4 is 0 Å². The Hall–Kier alpha value is -0.890. The summed E-state index contributed by atoms with van der Waals surface area (Å²) in [7, 11) is 0. The van der Waals surface area contributed by atoms with Crippen molar-refractivity contribution in [1.82, 2.24) is 4.98 Å². The van der Waals surface area contributed by atoms with Gasteiger partial charge in [-0.15, -0.1) is 0 Å².